The summed E-state index contributed by atoms with van der Waals surface area (Å²) in [6, 6.07) is 2.49. The van der Waals surface area contributed by atoms with Gasteiger partial charge in [-0.05, 0) is 18.9 Å². The summed E-state index contributed by atoms with van der Waals surface area (Å²) in [6.45, 7) is 1.71. The van der Waals surface area contributed by atoms with Crippen LogP contribution in [0, 0.1) is 15.9 Å². The molecule has 1 atom stereocenters. The number of hydrogen-bond donors (Lipinski definition) is 2. The smallest absolute Gasteiger partial charge is 0.270 e. The van der Waals surface area contributed by atoms with Gasteiger partial charge in [-0.1, -0.05) is 6.92 Å². The van der Waals surface area contributed by atoms with E-state index in [9.17, 15) is 19.3 Å². The third-order valence-electron chi connectivity index (χ3n) is 2.71. The van der Waals surface area contributed by atoms with E-state index in [4.69, 9.17) is 5.11 Å². The maximum Gasteiger partial charge on any atom is 0.270 e. The predicted octanol–water partition coefficient (Wildman–Crippen LogP) is 1.62. The Bertz CT molecular complexity index is 479. The fraction of sp³-hybridized carbons (Fsp3) is 0.417. The van der Waals surface area contributed by atoms with Gasteiger partial charge in [0, 0.05) is 24.8 Å². The monoisotopic (exact) mass is 270 g/mol. The highest BCUT2D eigenvalue weighted by atomic mass is 19.1. The van der Waals surface area contributed by atoms with Crippen LogP contribution in [0.4, 0.5) is 10.1 Å². The normalized spacial score (nSPS) is 11.9. The van der Waals surface area contributed by atoms with Gasteiger partial charge in [0.2, 0.25) is 0 Å². The molecule has 0 aliphatic carbocycles. The molecule has 2 N–H and O–H groups in total. The molecule has 7 heteroatoms. The summed E-state index contributed by atoms with van der Waals surface area (Å²) in [7, 11) is 0. The average molecular weight is 270 g/mol. The highest BCUT2D eigenvalue weighted by Gasteiger charge is 2.19. The number of carbonyl (C=O) groups excluding carboxylic acids is 1. The number of aliphatic hydroxyl groups excluding tert-OH is 1. The molecule has 0 aromatic heterocycles. The van der Waals surface area contributed by atoms with E-state index in [0.717, 1.165) is 18.2 Å². The largest absolute Gasteiger partial charge is 0.396 e. The summed E-state index contributed by atoms with van der Waals surface area (Å²) >= 11 is 0. The summed E-state index contributed by atoms with van der Waals surface area (Å²) in [5, 5.41) is 21.9. The van der Waals surface area contributed by atoms with Crippen molar-refractivity contribution in [2.24, 2.45) is 0 Å². The molecule has 104 valence electrons. The summed E-state index contributed by atoms with van der Waals surface area (Å²) in [5.41, 5.74) is -0.715. The van der Waals surface area contributed by atoms with Gasteiger partial charge >= 0.3 is 0 Å². The third kappa shape index (κ3) is 3.99. The molecule has 1 rings (SSSR count). The van der Waals surface area contributed by atoms with E-state index in [0.29, 0.717) is 12.8 Å². The van der Waals surface area contributed by atoms with E-state index in [1.165, 1.54) is 0 Å². The first kappa shape index (κ1) is 15.0. The predicted molar refractivity (Wildman–Crippen MR) is 66.3 cm³/mol. The molecule has 0 fully saturated rings. The first-order valence-electron chi connectivity index (χ1n) is 5.85. The number of hydrogen-bond acceptors (Lipinski definition) is 4. The minimum absolute atomic E-state index is 0.101. The van der Waals surface area contributed by atoms with Gasteiger partial charge in [0.1, 0.15) is 5.82 Å². The highest BCUT2D eigenvalue weighted by Crippen LogP contribution is 2.17. The number of carbonyl (C=O) groups is 1. The first-order valence-corrected chi connectivity index (χ1v) is 5.85. The Morgan fingerprint density at radius 1 is 1.58 bits per heavy atom. The van der Waals surface area contributed by atoms with Crippen molar-refractivity contribution in [3.8, 4) is 0 Å². The first-order chi connectivity index (χ1) is 8.99. The Balaban J connectivity index is 2.92. The lowest BCUT2D eigenvalue weighted by molar-refractivity contribution is -0.384. The Morgan fingerprint density at radius 3 is 2.79 bits per heavy atom. The van der Waals surface area contributed by atoms with Gasteiger partial charge in [0.05, 0.1) is 10.5 Å². The van der Waals surface area contributed by atoms with Crippen molar-refractivity contribution in [3.05, 3.63) is 39.7 Å². The number of benzene rings is 1. The summed E-state index contributed by atoms with van der Waals surface area (Å²) in [5.74, 6) is -1.54. The number of nitro groups is 1. The molecule has 0 aliphatic heterocycles. The van der Waals surface area contributed by atoms with Crippen molar-refractivity contribution >= 4 is 11.6 Å². The fourth-order valence-corrected chi connectivity index (χ4v) is 1.60. The van der Waals surface area contributed by atoms with E-state index < -0.39 is 16.6 Å². The van der Waals surface area contributed by atoms with Crippen LogP contribution in [0.2, 0.25) is 0 Å². The lowest BCUT2D eigenvalue weighted by Crippen LogP contribution is -2.35. The van der Waals surface area contributed by atoms with Crippen molar-refractivity contribution in [2.75, 3.05) is 6.61 Å². The molecule has 1 amide bonds. The lowest BCUT2D eigenvalue weighted by Gasteiger charge is -2.15. The maximum atomic E-state index is 13.5. The standard InChI is InChI=1S/C12H15FN2O4/c1-2-8(5-6-16)14-12(17)10-7-9(15(18)19)3-4-11(10)13/h3-4,7-8,16H,2,5-6H2,1H3,(H,14,17). The van der Waals surface area contributed by atoms with Crippen molar-refractivity contribution in [1.82, 2.24) is 5.32 Å². The number of non-ortho nitro benzene ring substituents is 1. The molecule has 1 aromatic carbocycles. The zero-order chi connectivity index (χ0) is 14.4. The van der Waals surface area contributed by atoms with Crippen molar-refractivity contribution in [2.45, 2.75) is 25.8 Å². The SMILES string of the molecule is CCC(CCO)NC(=O)c1cc([N+](=O)[O-])ccc1F. The van der Waals surface area contributed by atoms with Gasteiger partial charge in [-0.25, -0.2) is 4.39 Å². The lowest BCUT2D eigenvalue weighted by atomic mass is 10.1. The molecular weight excluding hydrogens is 255 g/mol. The van der Waals surface area contributed by atoms with E-state index in [1.807, 2.05) is 6.92 Å². The van der Waals surface area contributed by atoms with Gasteiger partial charge in [0.25, 0.3) is 11.6 Å². The van der Waals surface area contributed by atoms with Gasteiger partial charge in [-0.2, -0.15) is 0 Å². The van der Waals surface area contributed by atoms with E-state index in [1.54, 1.807) is 0 Å². The molecule has 0 bridgehead atoms. The quantitative estimate of drug-likeness (QED) is 0.607. The third-order valence-corrected chi connectivity index (χ3v) is 2.71. The number of nitrogens with one attached hydrogen (secondary N) is 1. The number of rotatable bonds is 6. The number of aliphatic hydroxyl groups is 1. The second-order valence-electron chi connectivity index (χ2n) is 4.01. The number of amides is 1. The van der Waals surface area contributed by atoms with Crippen LogP contribution in [0.1, 0.15) is 30.1 Å². The Labute approximate surface area is 109 Å². The Kier molecular flexibility index (Phi) is 5.37. The van der Waals surface area contributed by atoms with Crippen LogP contribution in [0.25, 0.3) is 0 Å². The summed E-state index contributed by atoms with van der Waals surface area (Å²) in [6.07, 6.45) is 0.918. The highest BCUT2D eigenvalue weighted by molar-refractivity contribution is 5.95. The molecular formula is C12H15FN2O4. The number of nitrogens with zero attached hydrogens (tertiary/aromatic N) is 1. The van der Waals surface area contributed by atoms with E-state index >= 15 is 0 Å². The van der Waals surface area contributed by atoms with Gasteiger partial charge in [-0.3, -0.25) is 14.9 Å². The average Bonchev–Trinajstić information content (AvgIpc) is 2.38. The van der Waals surface area contributed by atoms with E-state index in [2.05, 4.69) is 5.32 Å². The number of halogens is 1. The van der Waals surface area contributed by atoms with Crippen LogP contribution in [-0.2, 0) is 0 Å². The molecule has 1 aromatic rings. The molecule has 0 heterocycles. The molecule has 19 heavy (non-hydrogen) atoms. The summed E-state index contributed by atoms with van der Waals surface area (Å²) < 4.78 is 13.5. The van der Waals surface area contributed by atoms with Crippen molar-refractivity contribution in [1.29, 1.82) is 0 Å². The second kappa shape index (κ2) is 6.79. The van der Waals surface area contributed by atoms with Crippen LogP contribution < -0.4 is 5.32 Å². The molecule has 0 spiro atoms. The summed E-state index contributed by atoms with van der Waals surface area (Å²) in [4.78, 5) is 21.7. The topological polar surface area (TPSA) is 92.5 Å². The minimum atomic E-state index is -0.818. The molecule has 6 nitrogen and oxygen atoms in total. The molecule has 0 radical (unpaired) electrons. The van der Waals surface area contributed by atoms with Crippen molar-refractivity contribution in [3.63, 3.8) is 0 Å². The number of nitro benzene ring substituents is 1. The molecule has 0 aliphatic rings. The minimum Gasteiger partial charge on any atom is -0.396 e. The zero-order valence-electron chi connectivity index (χ0n) is 10.4. The van der Waals surface area contributed by atoms with Gasteiger partial charge in [0.15, 0.2) is 0 Å². The van der Waals surface area contributed by atoms with Crippen LogP contribution in [-0.4, -0.2) is 28.6 Å². The Hall–Kier alpha value is -2.02. The van der Waals surface area contributed by atoms with Gasteiger partial charge in [-0.15, -0.1) is 0 Å². The molecule has 0 saturated heterocycles. The zero-order valence-corrected chi connectivity index (χ0v) is 10.4. The fourth-order valence-electron chi connectivity index (χ4n) is 1.60. The van der Waals surface area contributed by atoms with Crippen LogP contribution in [0.3, 0.4) is 0 Å². The van der Waals surface area contributed by atoms with Crippen LogP contribution in [0.15, 0.2) is 18.2 Å². The van der Waals surface area contributed by atoms with Crippen LogP contribution in [0.5, 0.6) is 0 Å². The molecule has 0 saturated carbocycles. The van der Waals surface area contributed by atoms with Gasteiger partial charge < -0.3 is 10.4 Å². The second-order valence-corrected chi connectivity index (χ2v) is 4.01. The maximum absolute atomic E-state index is 13.5. The van der Waals surface area contributed by atoms with E-state index in [-0.39, 0.29) is 23.9 Å². The van der Waals surface area contributed by atoms with Crippen molar-refractivity contribution < 1.29 is 19.2 Å². The molecule has 1 unspecified atom stereocenters. The van der Waals surface area contributed by atoms with Crippen LogP contribution >= 0.6 is 0 Å². The Morgan fingerprint density at radius 2 is 2.26 bits per heavy atom.